The Morgan fingerprint density at radius 1 is 1.16 bits per heavy atom. The third-order valence-corrected chi connectivity index (χ3v) is 5.76. The maximum atomic E-state index is 12.5. The molecule has 0 unspecified atom stereocenters. The van der Waals surface area contributed by atoms with Crippen molar-refractivity contribution in [3.63, 3.8) is 0 Å². The van der Waals surface area contributed by atoms with Crippen molar-refractivity contribution >= 4 is 34.3 Å². The highest BCUT2D eigenvalue weighted by Crippen LogP contribution is 2.31. The van der Waals surface area contributed by atoms with Crippen LogP contribution in [0.15, 0.2) is 41.8 Å². The summed E-state index contributed by atoms with van der Waals surface area (Å²) < 4.78 is 0. The molecular formula is C20H22N2OS2. The normalized spacial score (nSPS) is 11.5. The molecule has 3 nitrogen and oxygen atoms in total. The van der Waals surface area contributed by atoms with Crippen LogP contribution in [0.2, 0.25) is 0 Å². The highest BCUT2D eigenvalue weighted by molar-refractivity contribution is 7.15. The number of aryl methyl sites for hydroxylation is 1. The second-order valence-corrected chi connectivity index (χ2v) is 9.27. The summed E-state index contributed by atoms with van der Waals surface area (Å²) >= 11 is 3.24. The molecule has 1 amide bonds. The van der Waals surface area contributed by atoms with Gasteiger partial charge in [-0.05, 0) is 41.5 Å². The number of hydrogen-bond donors (Lipinski definition) is 1. The maximum Gasteiger partial charge on any atom is 0.229 e. The Labute approximate surface area is 156 Å². The number of aromatic nitrogens is 1. The van der Waals surface area contributed by atoms with E-state index in [1.807, 2.05) is 36.6 Å². The molecule has 0 aliphatic heterocycles. The minimum Gasteiger partial charge on any atom is -0.326 e. The van der Waals surface area contributed by atoms with Gasteiger partial charge < -0.3 is 5.32 Å². The van der Waals surface area contributed by atoms with Crippen LogP contribution in [0, 0.1) is 6.92 Å². The van der Waals surface area contributed by atoms with Crippen molar-refractivity contribution in [1.29, 1.82) is 0 Å². The lowest BCUT2D eigenvalue weighted by Crippen LogP contribution is -2.15. The number of amides is 1. The molecule has 0 atom stereocenters. The summed E-state index contributed by atoms with van der Waals surface area (Å²) in [5.41, 5.74) is 3.13. The summed E-state index contributed by atoms with van der Waals surface area (Å²) in [5.74, 6) is -0.00929. The largest absolute Gasteiger partial charge is 0.326 e. The molecule has 0 saturated carbocycles. The average molecular weight is 371 g/mol. The quantitative estimate of drug-likeness (QED) is 0.644. The molecule has 2 aromatic heterocycles. The first kappa shape index (κ1) is 17.8. The van der Waals surface area contributed by atoms with E-state index in [2.05, 4.69) is 43.2 Å². The Morgan fingerprint density at radius 2 is 1.88 bits per heavy atom. The van der Waals surface area contributed by atoms with Crippen LogP contribution < -0.4 is 5.32 Å². The molecule has 130 valence electrons. The number of nitrogens with zero attached hydrogens (tertiary/aromatic N) is 1. The third-order valence-electron chi connectivity index (χ3n) is 3.91. The number of hydrogen-bond acceptors (Lipinski definition) is 4. The van der Waals surface area contributed by atoms with Gasteiger partial charge in [-0.3, -0.25) is 4.79 Å². The monoisotopic (exact) mass is 370 g/mol. The highest BCUT2D eigenvalue weighted by Gasteiger charge is 2.16. The van der Waals surface area contributed by atoms with Crippen LogP contribution in [0.4, 0.5) is 5.69 Å². The lowest BCUT2D eigenvalue weighted by molar-refractivity contribution is -0.115. The van der Waals surface area contributed by atoms with Crippen molar-refractivity contribution in [3.8, 4) is 10.6 Å². The Kier molecular flexibility index (Phi) is 5.06. The van der Waals surface area contributed by atoms with Crippen molar-refractivity contribution in [1.82, 2.24) is 4.98 Å². The number of carbonyl (C=O) groups is 1. The average Bonchev–Trinajstić information content (AvgIpc) is 3.16. The van der Waals surface area contributed by atoms with E-state index in [1.54, 1.807) is 22.7 Å². The number of carbonyl (C=O) groups excluding carboxylic acids is 1. The van der Waals surface area contributed by atoms with Crippen LogP contribution in [-0.4, -0.2) is 10.9 Å². The summed E-state index contributed by atoms with van der Waals surface area (Å²) in [7, 11) is 0. The van der Waals surface area contributed by atoms with E-state index in [1.165, 1.54) is 5.56 Å². The molecule has 2 heterocycles. The smallest absolute Gasteiger partial charge is 0.229 e. The van der Waals surface area contributed by atoms with Crippen molar-refractivity contribution in [2.24, 2.45) is 0 Å². The zero-order valence-electron chi connectivity index (χ0n) is 14.9. The molecule has 0 saturated heterocycles. The number of thiazole rings is 1. The first-order valence-electron chi connectivity index (χ1n) is 8.23. The van der Waals surface area contributed by atoms with E-state index in [0.29, 0.717) is 6.42 Å². The molecule has 0 bridgehead atoms. The molecule has 0 aliphatic carbocycles. The third kappa shape index (κ3) is 4.35. The van der Waals surface area contributed by atoms with E-state index >= 15 is 0 Å². The lowest BCUT2D eigenvalue weighted by Gasteiger charge is -2.19. The number of anilines is 1. The van der Waals surface area contributed by atoms with Gasteiger partial charge in [0.05, 0.1) is 22.0 Å². The summed E-state index contributed by atoms with van der Waals surface area (Å²) in [6, 6.07) is 12.1. The Morgan fingerprint density at radius 3 is 2.48 bits per heavy atom. The minimum absolute atomic E-state index is 0.00929. The van der Waals surface area contributed by atoms with Gasteiger partial charge in [0.25, 0.3) is 0 Å². The van der Waals surface area contributed by atoms with Gasteiger partial charge in [-0.2, -0.15) is 0 Å². The first-order chi connectivity index (χ1) is 11.8. The van der Waals surface area contributed by atoms with Crippen molar-refractivity contribution in [2.75, 3.05) is 5.32 Å². The second kappa shape index (κ2) is 7.10. The van der Waals surface area contributed by atoms with Gasteiger partial charge in [0.1, 0.15) is 0 Å². The van der Waals surface area contributed by atoms with Gasteiger partial charge >= 0.3 is 0 Å². The van der Waals surface area contributed by atoms with Crippen molar-refractivity contribution < 1.29 is 4.79 Å². The van der Waals surface area contributed by atoms with Gasteiger partial charge in [-0.25, -0.2) is 4.98 Å². The summed E-state index contributed by atoms with van der Waals surface area (Å²) in [6.07, 6.45) is 0.347. The molecule has 3 rings (SSSR count). The molecule has 0 radical (unpaired) electrons. The summed E-state index contributed by atoms with van der Waals surface area (Å²) in [6.45, 7) is 8.52. The van der Waals surface area contributed by atoms with E-state index in [-0.39, 0.29) is 11.3 Å². The topological polar surface area (TPSA) is 42.0 Å². The van der Waals surface area contributed by atoms with E-state index in [0.717, 1.165) is 26.1 Å². The van der Waals surface area contributed by atoms with Crippen LogP contribution in [0.25, 0.3) is 10.6 Å². The highest BCUT2D eigenvalue weighted by atomic mass is 32.1. The standard InChI is InChI=1S/C20H22N2OS2/c1-13-21-19(16-6-5-11-24-16)17(25-13)12-18(23)22-15-9-7-14(8-10-15)20(2,3)4/h5-11H,12H2,1-4H3,(H,22,23). The van der Waals surface area contributed by atoms with E-state index in [9.17, 15) is 4.79 Å². The fourth-order valence-corrected chi connectivity index (χ4v) is 4.35. The number of benzene rings is 1. The van der Waals surface area contributed by atoms with Crippen LogP contribution >= 0.6 is 22.7 Å². The van der Waals surface area contributed by atoms with Crippen LogP contribution in [0.3, 0.4) is 0 Å². The summed E-state index contributed by atoms with van der Waals surface area (Å²) in [5, 5.41) is 6.01. The summed E-state index contributed by atoms with van der Waals surface area (Å²) in [4.78, 5) is 19.2. The zero-order chi connectivity index (χ0) is 18.0. The maximum absolute atomic E-state index is 12.5. The van der Waals surface area contributed by atoms with E-state index < -0.39 is 0 Å². The van der Waals surface area contributed by atoms with E-state index in [4.69, 9.17) is 0 Å². The fourth-order valence-electron chi connectivity index (χ4n) is 2.60. The Bertz CT molecular complexity index is 856. The zero-order valence-corrected chi connectivity index (χ0v) is 16.6. The molecule has 0 fully saturated rings. The predicted octanol–water partition coefficient (Wildman–Crippen LogP) is 5.66. The van der Waals surface area contributed by atoms with Crippen molar-refractivity contribution in [2.45, 2.75) is 39.5 Å². The molecule has 5 heteroatoms. The molecule has 1 N–H and O–H groups in total. The predicted molar refractivity (Wildman–Crippen MR) is 108 cm³/mol. The molecule has 25 heavy (non-hydrogen) atoms. The first-order valence-corrected chi connectivity index (χ1v) is 9.93. The van der Waals surface area contributed by atoms with Crippen molar-refractivity contribution in [3.05, 3.63) is 57.2 Å². The van der Waals surface area contributed by atoms with Gasteiger partial charge in [0, 0.05) is 10.6 Å². The number of rotatable bonds is 4. The van der Waals surface area contributed by atoms with Crippen LogP contribution in [0.5, 0.6) is 0 Å². The molecular weight excluding hydrogens is 348 g/mol. The molecule has 0 spiro atoms. The van der Waals surface area contributed by atoms with Gasteiger partial charge in [0.2, 0.25) is 5.91 Å². The Hall–Kier alpha value is -1.98. The Balaban J connectivity index is 1.71. The fraction of sp³-hybridized carbons (Fsp3) is 0.300. The SMILES string of the molecule is Cc1nc(-c2cccs2)c(CC(=O)Nc2ccc(C(C)(C)C)cc2)s1. The minimum atomic E-state index is -0.00929. The molecule has 3 aromatic rings. The lowest BCUT2D eigenvalue weighted by atomic mass is 9.87. The van der Waals surface area contributed by atoms with Gasteiger partial charge in [-0.1, -0.05) is 39.0 Å². The molecule has 0 aliphatic rings. The van der Waals surface area contributed by atoms with Crippen LogP contribution in [-0.2, 0) is 16.6 Å². The second-order valence-electron chi connectivity index (χ2n) is 7.03. The number of thiophene rings is 1. The number of nitrogens with one attached hydrogen (secondary N) is 1. The molecule has 1 aromatic carbocycles. The van der Waals surface area contributed by atoms with Crippen LogP contribution in [0.1, 0.15) is 36.2 Å². The van der Waals surface area contributed by atoms with Gasteiger partial charge in [-0.15, -0.1) is 22.7 Å². The van der Waals surface area contributed by atoms with Gasteiger partial charge in [0.15, 0.2) is 0 Å².